The van der Waals surface area contributed by atoms with Crippen LogP contribution < -0.4 is 19.5 Å². The van der Waals surface area contributed by atoms with Gasteiger partial charge in [-0.25, -0.2) is 0 Å². The second-order valence-corrected chi connectivity index (χ2v) is 7.60. The monoisotopic (exact) mass is 414 g/mol. The molecule has 1 fully saturated rings. The lowest BCUT2D eigenvalue weighted by atomic mass is 10.1. The van der Waals surface area contributed by atoms with Crippen molar-refractivity contribution in [2.75, 3.05) is 19.1 Å². The second kappa shape index (κ2) is 8.04. The highest BCUT2D eigenvalue weighted by Gasteiger charge is 2.34. The zero-order valence-electron chi connectivity index (χ0n) is 15.3. The number of aromatic carboxylic acids is 1. The van der Waals surface area contributed by atoms with E-state index in [0.29, 0.717) is 26.4 Å². The number of nitrogens with zero attached hydrogens (tertiary/aromatic N) is 1. The van der Waals surface area contributed by atoms with Gasteiger partial charge in [0.25, 0.3) is 5.91 Å². The molecular formula is C20H16NO5S2-. The zero-order valence-corrected chi connectivity index (χ0v) is 17.0. The lowest BCUT2D eigenvalue weighted by Crippen LogP contribution is -2.29. The summed E-state index contributed by atoms with van der Waals surface area (Å²) >= 11 is 6.52. The number of aryl methyl sites for hydroxylation is 1. The van der Waals surface area contributed by atoms with Crippen molar-refractivity contribution in [2.45, 2.75) is 6.92 Å². The van der Waals surface area contributed by atoms with Gasteiger partial charge in [0.15, 0.2) is 15.8 Å². The van der Waals surface area contributed by atoms with Crippen molar-refractivity contribution in [2.24, 2.45) is 0 Å². The Labute approximate surface area is 171 Å². The van der Waals surface area contributed by atoms with Crippen molar-refractivity contribution in [1.82, 2.24) is 0 Å². The summed E-state index contributed by atoms with van der Waals surface area (Å²) in [5.74, 6) is -0.498. The molecule has 8 heteroatoms. The number of hydrogen-bond acceptors (Lipinski definition) is 7. The fraction of sp³-hybridized carbons (Fsp3) is 0.150. The maximum absolute atomic E-state index is 13.0. The number of carboxylic acids is 1. The molecule has 2 aromatic carbocycles. The molecule has 0 aromatic heterocycles. The van der Waals surface area contributed by atoms with Crippen LogP contribution in [0, 0.1) is 6.92 Å². The Morgan fingerprint density at radius 2 is 1.86 bits per heavy atom. The fourth-order valence-corrected chi connectivity index (χ4v) is 4.03. The third kappa shape index (κ3) is 3.74. The van der Waals surface area contributed by atoms with Gasteiger partial charge >= 0.3 is 0 Å². The van der Waals surface area contributed by atoms with Crippen LogP contribution in [-0.4, -0.2) is 30.4 Å². The first-order chi connectivity index (χ1) is 13.3. The van der Waals surface area contributed by atoms with E-state index in [9.17, 15) is 14.7 Å². The lowest BCUT2D eigenvalue weighted by Gasteiger charge is -2.18. The summed E-state index contributed by atoms with van der Waals surface area (Å²) in [4.78, 5) is 25.9. The van der Waals surface area contributed by atoms with Crippen molar-refractivity contribution in [3.63, 3.8) is 0 Å². The van der Waals surface area contributed by atoms with E-state index in [4.69, 9.17) is 21.7 Å². The fourth-order valence-electron chi connectivity index (χ4n) is 2.75. The Kier molecular flexibility index (Phi) is 5.71. The summed E-state index contributed by atoms with van der Waals surface area (Å²) in [6.45, 7) is 1.78. The van der Waals surface area contributed by atoms with Crippen LogP contribution in [0.15, 0.2) is 41.3 Å². The van der Waals surface area contributed by atoms with Crippen LogP contribution in [0.1, 0.15) is 21.5 Å². The number of amides is 1. The Bertz CT molecular complexity index is 1020. The van der Waals surface area contributed by atoms with Gasteiger partial charge in [0, 0.05) is 0 Å². The van der Waals surface area contributed by atoms with E-state index >= 15 is 0 Å². The highest BCUT2D eigenvalue weighted by Crippen LogP contribution is 2.38. The third-order valence-electron chi connectivity index (χ3n) is 4.18. The summed E-state index contributed by atoms with van der Waals surface area (Å²) in [5, 5.41) is 11.2. The van der Waals surface area contributed by atoms with Crippen LogP contribution in [-0.2, 0) is 4.79 Å². The number of rotatable bonds is 5. The summed E-state index contributed by atoms with van der Waals surface area (Å²) in [6, 6.07) is 9.76. The molecule has 0 unspecified atom stereocenters. The first-order valence-corrected chi connectivity index (χ1v) is 9.40. The van der Waals surface area contributed by atoms with Gasteiger partial charge in [-0.05, 0) is 47.9 Å². The van der Waals surface area contributed by atoms with Crippen molar-refractivity contribution in [3.8, 4) is 11.5 Å². The van der Waals surface area contributed by atoms with Crippen molar-refractivity contribution in [3.05, 3.63) is 58.0 Å². The molecule has 2 aromatic rings. The molecule has 0 atom stereocenters. The predicted octanol–water partition coefficient (Wildman–Crippen LogP) is 2.78. The van der Waals surface area contributed by atoms with Gasteiger partial charge in [0.2, 0.25) is 0 Å². The molecule has 1 heterocycles. The van der Waals surface area contributed by atoms with Crippen molar-refractivity contribution < 1.29 is 24.2 Å². The Morgan fingerprint density at radius 3 is 2.50 bits per heavy atom. The number of anilines is 1. The first-order valence-electron chi connectivity index (χ1n) is 8.17. The molecule has 0 saturated carbocycles. The maximum atomic E-state index is 13.0. The van der Waals surface area contributed by atoms with Gasteiger partial charge < -0.3 is 19.4 Å². The van der Waals surface area contributed by atoms with Crippen molar-refractivity contribution in [1.29, 1.82) is 0 Å². The lowest BCUT2D eigenvalue weighted by molar-refractivity contribution is -0.255. The van der Waals surface area contributed by atoms with Crippen LogP contribution >= 0.6 is 24.0 Å². The number of carboxylic acid groups (broad SMARTS) is 1. The summed E-state index contributed by atoms with van der Waals surface area (Å²) in [5.41, 5.74) is 1.89. The Hall–Kier alpha value is -2.84. The summed E-state index contributed by atoms with van der Waals surface area (Å²) < 4.78 is 10.8. The number of ether oxygens (including phenoxy) is 2. The van der Waals surface area contributed by atoms with Crippen LogP contribution in [0.4, 0.5) is 5.69 Å². The molecule has 1 aliphatic rings. The molecule has 0 spiro atoms. The number of benzene rings is 2. The van der Waals surface area contributed by atoms with E-state index < -0.39 is 5.97 Å². The van der Waals surface area contributed by atoms with Gasteiger partial charge in [-0.1, -0.05) is 42.2 Å². The summed E-state index contributed by atoms with van der Waals surface area (Å²) in [6.07, 6.45) is 1.71. The van der Waals surface area contributed by atoms with Gasteiger partial charge in [0.1, 0.15) is 0 Å². The Balaban J connectivity index is 1.98. The highest BCUT2D eigenvalue weighted by atomic mass is 32.2. The van der Waals surface area contributed by atoms with Gasteiger partial charge in [0.05, 0.1) is 30.8 Å². The van der Waals surface area contributed by atoms with Gasteiger partial charge in [-0.15, -0.1) is 0 Å². The molecule has 3 rings (SSSR count). The van der Waals surface area contributed by atoms with E-state index in [-0.39, 0.29) is 11.5 Å². The quantitative estimate of drug-likeness (QED) is 0.550. The molecule has 1 amide bonds. The van der Waals surface area contributed by atoms with E-state index in [1.165, 1.54) is 24.1 Å². The zero-order chi connectivity index (χ0) is 20.4. The van der Waals surface area contributed by atoms with Crippen LogP contribution in [0.3, 0.4) is 0 Å². The van der Waals surface area contributed by atoms with E-state index in [1.54, 1.807) is 44.4 Å². The average Bonchev–Trinajstić information content (AvgIpc) is 2.95. The molecule has 0 aliphatic carbocycles. The normalized spacial score (nSPS) is 15.2. The standard InChI is InChI=1S/C20H17NO5S2/c1-11-4-6-13(19(23)24)10-14(11)21-18(22)17(28-20(21)27)9-12-5-7-15(25-2)16(8-12)26-3/h4-10H,1-3H3,(H,23,24)/p-1/b17-9-. The molecule has 144 valence electrons. The minimum absolute atomic E-state index is 0.0153. The highest BCUT2D eigenvalue weighted by molar-refractivity contribution is 8.27. The minimum atomic E-state index is -1.31. The number of methoxy groups -OCH3 is 2. The van der Waals surface area contributed by atoms with Gasteiger partial charge in [-0.2, -0.15) is 0 Å². The molecule has 0 radical (unpaired) electrons. The second-order valence-electron chi connectivity index (χ2n) is 5.92. The third-order valence-corrected chi connectivity index (χ3v) is 5.49. The predicted molar refractivity (Wildman–Crippen MR) is 111 cm³/mol. The first kappa shape index (κ1) is 19.9. The molecule has 1 aliphatic heterocycles. The van der Waals surface area contributed by atoms with Crippen LogP contribution in [0.25, 0.3) is 6.08 Å². The number of thioether (sulfide) groups is 1. The maximum Gasteiger partial charge on any atom is 0.270 e. The number of carbonyl (C=O) groups is 2. The van der Waals surface area contributed by atoms with E-state index in [1.807, 2.05) is 0 Å². The molecule has 1 saturated heterocycles. The van der Waals surface area contributed by atoms with Crippen molar-refractivity contribution >= 4 is 51.9 Å². The number of carbonyl (C=O) groups excluding carboxylic acids is 2. The van der Waals surface area contributed by atoms with Gasteiger partial charge in [-0.3, -0.25) is 9.69 Å². The molecule has 28 heavy (non-hydrogen) atoms. The topological polar surface area (TPSA) is 78.9 Å². The molecule has 6 nitrogen and oxygen atoms in total. The Morgan fingerprint density at radius 1 is 1.14 bits per heavy atom. The largest absolute Gasteiger partial charge is 0.545 e. The number of hydrogen-bond donors (Lipinski definition) is 0. The smallest absolute Gasteiger partial charge is 0.270 e. The SMILES string of the molecule is COc1ccc(/C=C2\SC(=S)N(c3cc(C(=O)[O-])ccc3C)C2=O)cc1OC. The van der Waals surface area contributed by atoms with E-state index in [0.717, 1.165) is 22.9 Å². The number of thiocarbonyl (C=S) groups is 1. The summed E-state index contributed by atoms with van der Waals surface area (Å²) in [7, 11) is 3.08. The molecule has 0 bridgehead atoms. The van der Waals surface area contributed by atoms with Crippen LogP contribution in [0.2, 0.25) is 0 Å². The molecule has 0 N–H and O–H groups in total. The van der Waals surface area contributed by atoms with E-state index in [2.05, 4.69) is 0 Å². The average molecular weight is 414 g/mol. The minimum Gasteiger partial charge on any atom is -0.545 e. The molecular weight excluding hydrogens is 398 g/mol. The van der Waals surface area contributed by atoms with Crippen LogP contribution in [0.5, 0.6) is 11.5 Å².